The molecule has 3 N–H and O–H groups in total. The molecule has 0 radical (unpaired) electrons. The summed E-state index contributed by atoms with van der Waals surface area (Å²) < 4.78 is 0. The van der Waals surface area contributed by atoms with Gasteiger partial charge in [-0.2, -0.15) is 0 Å². The molecule has 6 heteroatoms. The molecule has 148 valence electrons. The Labute approximate surface area is 176 Å². The predicted molar refractivity (Wildman–Crippen MR) is 122 cm³/mol. The molecule has 0 amide bonds. The van der Waals surface area contributed by atoms with Crippen LogP contribution in [0.25, 0.3) is 0 Å². The zero-order chi connectivity index (χ0) is 18.1. The summed E-state index contributed by atoms with van der Waals surface area (Å²) in [6.07, 6.45) is 2.28. The number of hydrogen-bond acceptors (Lipinski definition) is 3. The topological polar surface area (TPSA) is 56.9 Å². The van der Waals surface area contributed by atoms with E-state index in [4.69, 9.17) is 5.73 Å². The molecule has 1 aliphatic rings. The molecule has 1 aromatic rings. The molecule has 5 nitrogen and oxygen atoms in total. The highest BCUT2D eigenvalue weighted by atomic mass is 127. The van der Waals surface area contributed by atoms with Gasteiger partial charge in [-0.1, -0.05) is 30.3 Å². The van der Waals surface area contributed by atoms with Crippen LogP contribution in [0.1, 0.15) is 39.2 Å². The highest BCUT2D eigenvalue weighted by Crippen LogP contribution is 2.09. The number of guanidine groups is 1. The minimum Gasteiger partial charge on any atom is -0.370 e. The fourth-order valence-electron chi connectivity index (χ4n) is 3.08. The summed E-state index contributed by atoms with van der Waals surface area (Å²) >= 11 is 0. The van der Waals surface area contributed by atoms with Crippen molar-refractivity contribution < 1.29 is 0 Å². The van der Waals surface area contributed by atoms with Gasteiger partial charge in [0.1, 0.15) is 0 Å². The first-order valence-electron chi connectivity index (χ1n) is 9.49. The van der Waals surface area contributed by atoms with E-state index in [1.807, 2.05) is 0 Å². The Morgan fingerprint density at radius 1 is 1.04 bits per heavy atom. The number of piperazine rings is 1. The van der Waals surface area contributed by atoms with E-state index in [9.17, 15) is 0 Å². The van der Waals surface area contributed by atoms with Crippen molar-refractivity contribution in [3.8, 4) is 0 Å². The molecular formula is C20H36IN5. The van der Waals surface area contributed by atoms with Gasteiger partial charge in [0.25, 0.3) is 0 Å². The molecule has 2 rings (SSSR count). The average Bonchev–Trinajstić information content (AvgIpc) is 2.55. The first-order chi connectivity index (χ1) is 11.9. The van der Waals surface area contributed by atoms with Gasteiger partial charge in [-0.05, 0) is 45.7 Å². The van der Waals surface area contributed by atoms with E-state index in [1.165, 1.54) is 31.6 Å². The molecule has 0 unspecified atom stereocenters. The fourth-order valence-corrected chi connectivity index (χ4v) is 3.08. The van der Waals surface area contributed by atoms with E-state index in [-0.39, 0.29) is 29.5 Å². The number of nitrogens with zero attached hydrogens (tertiary/aromatic N) is 3. The van der Waals surface area contributed by atoms with Crippen LogP contribution in [0, 0.1) is 0 Å². The first-order valence-corrected chi connectivity index (χ1v) is 9.49. The van der Waals surface area contributed by atoms with Crippen molar-refractivity contribution in [3.63, 3.8) is 0 Å². The molecule has 26 heavy (non-hydrogen) atoms. The summed E-state index contributed by atoms with van der Waals surface area (Å²) in [6, 6.07) is 10.8. The molecule has 1 aromatic carbocycles. The van der Waals surface area contributed by atoms with Crippen LogP contribution < -0.4 is 11.1 Å². The maximum Gasteiger partial charge on any atom is 0.188 e. The van der Waals surface area contributed by atoms with Crippen molar-refractivity contribution in [1.82, 2.24) is 15.1 Å². The summed E-state index contributed by atoms with van der Waals surface area (Å²) in [6.45, 7) is 14.0. The van der Waals surface area contributed by atoms with Crippen LogP contribution in [-0.2, 0) is 6.54 Å². The number of nitrogens with one attached hydrogen (secondary N) is 1. The molecule has 0 bridgehead atoms. The third-order valence-electron chi connectivity index (χ3n) is 4.38. The monoisotopic (exact) mass is 473 g/mol. The van der Waals surface area contributed by atoms with Crippen LogP contribution in [-0.4, -0.2) is 60.6 Å². The summed E-state index contributed by atoms with van der Waals surface area (Å²) in [4.78, 5) is 9.53. The van der Waals surface area contributed by atoms with Crippen molar-refractivity contribution >= 4 is 29.9 Å². The van der Waals surface area contributed by atoms with Crippen LogP contribution in [0.3, 0.4) is 0 Å². The minimum atomic E-state index is -0.0208. The molecule has 1 heterocycles. The molecule has 0 saturated carbocycles. The maximum absolute atomic E-state index is 5.89. The number of halogens is 1. The van der Waals surface area contributed by atoms with Gasteiger partial charge in [0.2, 0.25) is 0 Å². The van der Waals surface area contributed by atoms with E-state index < -0.39 is 0 Å². The second kappa shape index (κ2) is 11.8. The number of benzene rings is 1. The lowest BCUT2D eigenvalue weighted by atomic mass is 10.1. The second-order valence-electron chi connectivity index (χ2n) is 7.95. The van der Waals surface area contributed by atoms with E-state index in [0.717, 1.165) is 32.6 Å². The number of nitrogens with two attached hydrogens (primary N) is 1. The summed E-state index contributed by atoms with van der Waals surface area (Å²) in [5, 5.41) is 3.20. The van der Waals surface area contributed by atoms with Gasteiger partial charge in [-0.15, -0.1) is 24.0 Å². The van der Waals surface area contributed by atoms with Crippen LogP contribution in [0.4, 0.5) is 0 Å². The van der Waals surface area contributed by atoms with Gasteiger partial charge < -0.3 is 16.0 Å². The van der Waals surface area contributed by atoms with Crippen molar-refractivity contribution in [3.05, 3.63) is 35.9 Å². The number of unbranched alkanes of at least 4 members (excludes halogenated alkanes) is 1. The van der Waals surface area contributed by atoms with E-state index >= 15 is 0 Å². The molecular weight excluding hydrogens is 437 g/mol. The van der Waals surface area contributed by atoms with Crippen LogP contribution in [0.15, 0.2) is 35.3 Å². The van der Waals surface area contributed by atoms with Gasteiger partial charge in [0.05, 0.1) is 0 Å². The zero-order valence-corrected chi connectivity index (χ0v) is 18.9. The SMILES string of the molecule is CC(C)(C)NC(N)=NCCCCN1CCN(Cc2ccccc2)CC1.I. The second-order valence-corrected chi connectivity index (χ2v) is 7.95. The van der Waals surface area contributed by atoms with E-state index in [1.54, 1.807) is 0 Å². The van der Waals surface area contributed by atoms with Crippen molar-refractivity contribution in [2.24, 2.45) is 10.7 Å². The van der Waals surface area contributed by atoms with Crippen molar-refractivity contribution in [2.75, 3.05) is 39.3 Å². The standard InChI is InChI=1S/C20H35N5.HI/c1-20(2,3)23-19(21)22-11-7-8-12-24-13-15-25(16-14-24)17-18-9-5-4-6-10-18;/h4-6,9-10H,7-8,11-17H2,1-3H3,(H3,21,22,23);1H. The predicted octanol–water partition coefficient (Wildman–Crippen LogP) is 2.91. The molecule has 1 fully saturated rings. The number of aliphatic imine (C=N–C) groups is 1. The smallest absolute Gasteiger partial charge is 0.188 e. The molecule has 0 spiro atoms. The van der Waals surface area contributed by atoms with Gasteiger partial charge >= 0.3 is 0 Å². The quantitative estimate of drug-likeness (QED) is 0.277. The lowest BCUT2D eigenvalue weighted by Gasteiger charge is -2.34. The van der Waals surface area contributed by atoms with Gasteiger partial charge in [-0.3, -0.25) is 9.89 Å². The van der Waals surface area contributed by atoms with E-state index in [0.29, 0.717) is 5.96 Å². The Morgan fingerprint density at radius 3 is 2.27 bits per heavy atom. The molecule has 0 aromatic heterocycles. The van der Waals surface area contributed by atoms with Crippen molar-refractivity contribution in [1.29, 1.82) is 0 Å². The molecule has 0 atom stereocenters. The molecule has 0 aliphatic carbocycles. The third kappa shape index (κ3) is 9.73. The largest absolute Gasteiger partial charge is 0.370 e. The van der Waals surface area contributed by atoms with E-state index in [2.05, 4.69) is 71.2 Å². The van der Waals surface area contributed by atoms with Crippen LogP contribution >= 0.6 is 24.0 Å². The summed E-state index contributed by atoms with van der Waals surface area (Å²) in [5.41, 5.74) is 7.28. The fraction of sp³-hybridized carbons (Fsp3) is 0.650. The van der Waals surface area contributed by atoms with Gasteiger partial charge in [0, 0.05) is 44.8 Å². The summed E-state index contributed by atoms with van der Waals surface area (Å²) in [5.74, 6) is 0.557. The number of hydrogen-bond donors (Lipinski definition) is 2. The van der Waals surface area contributed by atoms with Crippen LogP contribution in [0.2, 0.25) is 0 Å². The highest BCUT2D eigenvalue weighted by molar-refractivity contribution is 14.0. The Kier molecular flexibility index (Phi) is 10.5. The number of rotatable bonds is 7. The zero-order valence-electron chi connectivity index (χ0n) is 16.6. The Morgan fingerprint density at radius 2 is 1.65 bits per heavy atom. The Hall–Kier alpha value is -0.860. The Balaban J connectivity index is 0.00000338. The molecule has 1 aliphatic heterocycles. The lowest BCUT2D eigenvalue weighted by Crippen LogP contribution is -2.46. The maximum atomic E-state index is 5.89. The first kappa shape index (κ1) is 23.2. The average molecular weight is 473 g/mol. The molecule has 1 saturated heterocycles. The minimum absolute atomic E-state index is 0. The highest BCUT2D eigenvalue weighted by Gasteiger charge is 2.16. The Bertz CT molecular complexity index is 519. The van der Waals surface area contributed by atoms with Gasteiger partial charge in [-0.25, -0.2) is 0 Å². The summed E-state index contributed by atoms with van der Waals surface area (Å²) in [7, 11) is 0. The van der Waals surface area contributed by atoms with Crippen molar-refractivity contribution in [2.45, 2.75) is 45.7 Å². The normalized spacial score (nSPS) is 17.0. The third-order valence-corrected chi connectivity index (χ3v) is 4.38. The lowest BCUT2D eigenvalue weighted by molar-refractivity contribution is 0.126. The van der Waals surface area contributed by atoms with Crippen LogP contribution in [0.5, 0.6) is 0 Å². The van der Waals surface area contributed by atoms with Gasteiger partial charge in [0.15, 0.2) is 5.96 Å².